The number of hydrogen-bond donors (Lipinski definition) is 1. The van der Waals surface area contributed by atoms with Crippen LogP contribution in [-0.4, -0.2) is 9.97 Å². The molecule has 0 radical (unpaired) electrons. The van der Waals surface area contributed by atoms with Gasteiger partial charge in [0.05, 0.1) is 11.9 Å². The van der Waals surface area contributed by atoms with Crippen molar-refractivity contribution >= 4 is 5.82 Å². The van der Waals surface area contributed by atoms with E-state index in [2.05, 4.69) is 37.0 Å². The normalized spacial score (nSPS) is 10.6. The van der Waals surface area contributed by atoms with Gasteiger partial charge in [-0.3, -0.25) is 0 Å². The molecule has 0 amide bonds. The Bertz CT molecular complexity index is 759. The summed E-state index contributed by atoms with van der Waals surface area (Å²) in [6, 6.07) is 16.3. The van der Waals surface area contributed by atoms with Gasteiger partial charge in [-0.1, -0.05) is 47.5 Å². The number of rotatable bonds is 2. The zero-order chi connectivity index (χ0) is 14.8. The zero-order valence-electron chi connectivity index (χ0n) is 12.2. The van der Waals surface area contributed by atoms with Crippen LogP contribution in [0.2, 0.25) is 0 Å². The summed E-state index contributed by atoms with van der Waals surface area (Å²) >= 11 is 0. The van der Waals surface area contributed by atoms with Gasteiger partial charge >= 0.3 is 0 Å². The fourth-order valence-corrected chi connectivity index (χ4v) is 2.47. The summed E-state index contributed by atoms with van der Waals surface area (Å²) in [4.78, 5) is 9.01. The van der Waals surface area contributed by atoms with Gasteiger partial charge in [-0.2, -0.15) is 0 Å². The summed E-state index contributed by atoms with van der Waals surface area (Å²) in [5, 5.41) is 0. The first kappa shape index (κ1) is 13.3. The van der Waals surface area contributed by atoms with E-state index in [9.17, 15) is 0 Å². The third-order valence-corrected chi connectivity index (χ3v) is 3.37. The van der Waals surface area contributed by atoms with Crippen LogP contribution < -0.4 is 5.73 Å². The standard InChI is InChI=1S/C18H17N3/c1-12-8-13(2)10-15(9-12)17-18(19)20-11-16(21-17)14-6-4-3-5-7-14/h3-11H,1-2H3,(H2,19,20). The molecular formula is C18H17N3. The molecule has 3 aromatic rings. The molecular weight excluding hydrogens is 258 g/mol. The Balaban J connectivity index is 2.14. The molecule has 0 aliphatic rings. The summed E-state index contributed by atoms with van der Waals surface area (Å²) in [7, 11) is 0. The smallest absolute Gasteiger partial charge is 0.150 e. The maximum Gasteiger partial charge on any atom is 0.150 e. The highest BCUT2D eigenvalue weighted by Crippen LogP contribution is 2.27. The lowest BCUT2D eigenvalue weighted by Gasteiger charge is -2.09. The number of aromatic nitrogens is 2. The van der Waals surface area contributed by atoms with Gasteiger partial charge in [-0.25, -0.2) is 9.97 Å². The highest BCUT2D eigenvalue weighted by molar-refractivity contribution is 5.73. The van der Waals surface area contributed by atoms with Gasteiger partial charge in [-0.05, 0) is 26.0 Å². The molecule has 3 heteroatoms. The molecule has 0 saturated carbocycles. The Morgan fingerprint density at radius 1 is 0.857 bits per heavy atom. The number of hydrogen-bond acceptors (Lipinski definition) is 3. The fourth-order valence-electron chi connectivity index (χ4n) is 2.47. The summed E-state index contributed by atoms with van der Waals surface area (Å²) < 4.78 is 0. The molecule has 1 aromatic heterocycles. The first-order valence-corrected chi connectivity index (χ1v) is 6.90. The van der Waals surface area contributed by atoms with Crippen LogP contribution in [0.3, 0.4) is 0 Å². The molecule has 0 aliphatic carbocycles. The second-order valence-electron chi connectivity index (χ2n) is 5.23. The monoisotopic (exact) mass is 275 g/mol. The number of nitrogen functional groups attached to an aromatic ring is 1. The molecule has 21 heavy (non-hydrogen) atoms. The van der Waals surface area contributed by atoms with E-state index in [-0.39, 0.29) is 0 Å². The second kappa shape index (κ2) is 5.37. The lowest BCUT2D eigenvalue weighted by atomic mass is 10.0. The van der Waals surface area contributed by atoms with Crippen LogP contribution >= 0.6 is 0 Å². The van der Waals surface area contributed by atoms with E-state index >= 15 is 0 Å². The van der Waals surface area contributed by atoms with Crippen LogP contribution in [0.5, 0.6) is 0 Å². The Morgan fingerprint density at radius 2 is 1.52 bits per heavy atom. The van der Waals surface area contributed by atoms with Crippen molar-refractivity contribution in [3.8, 4) is 22.5 Å². The molecule has 0 bridgehead atoms. The Kier molecular flexibility index (Phi) is 3.40. The molecule has 0 fully saturated rings. The van der Waals surface area contributed by atoms with E-state index in [1.54, 1.807) is 6.20 Å². The number of anilines is 1. The number of benzene rings is 2. The van der Waals surface area contributed by atoms with Crippen molar-refractivity contribution in [2.75, 3.05) is 5.73 Å². The highest BCUT2D eigenvalue weighted by atomic mass is 14.9. The van der Waals surface area contributed by atoms with Crippen molar-refractivity contribution in [2.24, 2.45) is 0 Å². The fraction of sp³-hybridized carbons (Fsp3) is 0.111. The largest absolute Gasteiger partial charge is 0.382 e. The van der Waals surface area contributed by atoms with Crippen LogP contribution in [-0.2, 0) is 0 Å². The van der Waals surface area contributed by atoms with Gasteiger partial charge in [0.1, 0.15) is 11.5 Å². The highest BCUT2D eigenvalue weighted by Gasteiger charge is 2.09. The van der Waals surface area contributed by atoms with Gasteiger partial charge in [0.2, 0.25) is 0 Å². The maximum absolute atomic E-state index is 6.03. The van der Waals surface area contributed by atoms with Crippen molar-refractivity contribution in [3.63, 3.8) is 0 Å². The molecule has 0 saturated heterocycles. The van der Waals surface area contributed by atoms with Gasteiger partial charge in [0.25, 0.3) is 0 Å². The average molecular weight is 275 g/mol. The minimum absolute atomic E-state index is 0.458. The Hall–Kier alpha value is -2.68. The lowest BCUT2D eigenvalue weighted by Crippen LogP contribution is -1.99. The number of nitrogens with zero attached hydrogens (tertiary/aromatic N) is 2. The summed E-state index contributed by atoms with van der Waals surface area (Å²) in [6.07, 6.45) is 1.72. The number of nitrogens with two attached hydrogens (primary N) is 1. The van der Waals surface area contributed by atoms with Gasteiger partial charge in [0.15, 0.2) is 0 Å². The molecule has 0 unspecified atom stereocenters. The van der Waals surface area contributed by atoms with Crippen LogP contribution in [0.15, 0.2) is 54.7 Å². The summed E-state index contributed by atoms with van der Waals surface area (Å²) in [5.74, 6) is 0.458. The van der Waals surface area contributed by atoms with Crippen molar-refractivity contribution in [1.82, 2.24) is 9.97 Å². The first-order valence-electron chi connectivity index (χ1n) is 6.90. The summed E-state index contributed by atoms with van der Waals surface area (Å²) in [6.45, 7) is 4.14. The Morgan fingerprint density at radius 3 is 2.19 bits per heavy atom. The summed E-state index contributed by atoms with van der Waals surface area (Å²) in [5.41, 5.74) is 12.0. The van der Waals surface area contributed by atoms with Gasteiger partial charge in [0, 0.05) is 11.1 Å². The molecule has 2 aromatic carbocycles. The van der Waals surface area contributed by atoms with Crippen molar-refractivity contribution in [1.29, 1.82) is 0 Å². The molecule has 3 rings (SSSR count). The minimum atomic E-state index is 0.458. The van der Waals surface area contributed by atoms with E-state index in [0.717, 1.165) is 22.5 Å². The van der Waals surface area contributed by atoms with Gasteiger partial charge < -0.3 is 5.73 Å². The molecule has 1 heterocycles. The molecule has 2 N–H and O–H groups in total. The third-order valence-electron chi connectivity index (χ3n) is 3.37. The predicted octanol–water partition coefficient (Wildman–Crippen LogP) is 4.01. The SMILES string of the molecule is Cc1cc(C)cc(-c2nc(-c3ccccc3)cnc2N)c1. The quantitative estimate of drug-likeness (QED) is 0.768. The van der Waals surface area contributed by atoms with Crippen LogP contribution in [0.25, 0.3) is 22.5 Å². The predicted molar refractivity (Wildman–Crippen MR) is 86.8 cm³/mol. The second-order valence-corrected chi connectivity index (χ2v) is 5.23. The molecule has 104 valence electrons. The molecule has 0 atom stereocenters. The van der Waals surface area contributed by atoms with E-state index in [1.165, 1.54) is 11.1 Å². The first-order chi connectivity index (χ1) is 10.1. The third kappa shape index (κ3) is 2.77. The minimum Gasteiger partial charge on any atom is -0.382 e. The number of aryl methyl sites for hydroxylation is 2. The van der Waals surface area contributed by atoms with E-state index in [1.807, 2.05) is 30.3 Å². The van der Waals surface area contributed by atoms with E-state index < -0.39 is 0 Å². The average Bonchev–Trinajstić information content (AvgIpc) is 2.47. The van der Waals surface area contributed by atoms with Crippen LogP contribution in [0.1, 0.15) is 11.1 Å². The maximum atomic E-state index is 6.03. The van der Waals surface area contributed by atoms with Crippen molar-refractivity contribution in [3.05, 3.63) is 65.9 Å². The molecule has 3 nitrogen and oxygen atoms in total. The van der Waals surface area contributed by atoms with E-state index in [4.69, 9.17) is 10.7 Å². The lowest BCUT2D eigenvalue weighted by molar-refractivity contribution is 1.21. The van der Waals surface area contributed by atoms with Gasteiger partial charge in [-0.15, -0.1) is 0 Å². The topological polar surface area (TPSA) is 51.8 Å². The van der Waals surface area contributed by atoms with E-state index in [0.29, 0.717) is 5.82 Å². The molecule has 0 aliphatic heterocycles. The molecule has 0 spiro atoms. The van der Waals surface area contributed by atoms with Crippen LogP contribution in [0.4, 0.5) is 5.82 Å². The van der Waals surface area contributed by atoms with Crippen molar-refractivity contribution in [2.45, 2.75) is 13.8 Å². The Labute approximate surface area is 124 Å². The van der Waals surface area contributed by atoms with Crippen LogP contribution in [0, 0.1) is 13.8 Å². The zero-order valence-corrected chi connectivity index (χ0v) is 12.2. The van der Waals surface area contributed by atoms with Crippen molar-refractivity contribution < 1.29 is 0 Å².